The molecule has 4 heterocycles. The molecule has 9 N–H and O–H groups in total. The van der Waals surface area contributed by atoms with Gasteiger partial charge in [0.25, 0.3) is 5.56 Å². The molecule has 0 saturated heterocycles. The number of hydrogen-bond acceptors (Lipinski definition) is 12. The van der Waals surface area contributed by atoms with Crippen LogP contribution in [0.25, 0.3) is 22.3 Å². The molecular formula is C42H45FN8O10. The zero-order chi connectivity index (χ0) is 44.1. The zero-order valence-electron chi connectivity index (χ0n) is 33.8. The summed E-state index contributed by atoms with van der Waals surface area (Å²) in [5.74, 6) is -4.22. The first-order chi connectivity index (χ1) is 28.9. The Hall–Kier alpha value is -6.73. The van der Waals surface area contributed by atoms with Crippen LogP contribution < -0.4 is 38.3 Å². The molecule has 3 aliphatic rings. The van der Waals surface area contributed by atoms with E-state index >= 15 is 4.39 Å². The number of hydrogen-bond donors (Lipinski definition) is 7. The van der Waals surface area contributed by atoms with Gasteiger partial charge in [0.2, 0.25) is 23.6 Å². The quantitative estimate of drug-likeness (QED) is 0.0883. The summed E-state index contributed by atoms with van der Waals surface area (Å²) in [5.41, 5.74) is 13.0. The number of nitrogens with two attached hydrogens (primary N) is 2. The lowest BCUT2D eigenvalue weighted by atomic mass is 9.81. The maximum atomic E-state index is 15.3. The first-order valence-corrected chi connectivity index (χ1v) is 19.7. The lowest BCUT2D eigenvalue weighted by Gasteiger charge is -2.31. The molecule has 0 fully saturated rings. The third-order valence-corrected chi connectivity index (χ3v) is 11.5. The number of esters is 1. The van der Waals surface area contributed by atoms with Gasteiger partial charge in [-0.3, -0.25) is 24.0 Å². The number of carbonyl (C=O) groups is 6. The highest BCUT2D eigenvalue weighted by atomic mass is 19.1. The van der Waals surface area contributed by atoms with Crippen LogP contribution in [0, 0.1) is 12.7 Å². The molecule has 19 heteroatoms. The standard InChI is InChI=1S/C42H45FN8O10/c1-5-42(59)26-12-31-35-24(15-51(31)39(56)25(26)17-60-40(42)57)34-28(11-10-23-18(2)27(43)13-29(48-35)33(23)34)50-41(58)61-16-21-6-8-22(9-7-21)47-38(55)30(14-32(45)52)49-37(54)20(4)46-36(53)19(3)44/h6-9,12-13,19-20,28,30,59H,5,10-11,14-17,44H2,1-4H3,(H2,45,52)(H,46,53)(H,47,55)(H,49,54)(H,50,58)/t19-,20-,28-,30?,42-/m0/s1. The van der Waals surface area contributed by atoms with Crippen LogP contribution in [0.3, 0.4) is 0 Å². The van der Waals surface area contributed by atoms with Gasteiger partial charge in [-0.2, -0.15) is 0 Å². The number of ether oxygens (including phenoxy) is 2. The molecule has 0 spiro atoms. The number of pyridine rings is 2. The average Bonchev–Trinajstić information content (AvgIpc) is 3.59. The normalized spacial score (nSPS) is 18.7. The number of aliphatic hydroxyl groups is 1. The molecule has 18 nitrogen and oxygen atoms in total. The minimum Gasteiger partial charge on any atom is -0.458 e. The summed E-state index contributed by atoms with van der Waals surface area (Å²) in [6.07, 6.45) is -0.511. The number of primary amides is 1. The molecule has 0 radical (unpaired) electrons. The van der Waals surface area contributed by atoms with Crippen molar-refractivity contribution in [3.63, 3.8) is 0 Å². The third-order valence-electron chi connectivity index (χ3n) is 11.5. The smallest absolute Gasteiger partial charge is 0.407 e. The van der Waals surface area contributed by atoms with Crippen molar-refractivity contribution in [3.8, 4) is 11.4 Å². The average molecular weight is 841 g/mol. The predicted octanol–water partition coefficient (Wildman–Crippen LogP) is 1.59. The van der Waals surface area contributed by atoms with Crippen molar-refractivity contribution in [2.24, 2.45) is 11.5 Å². The highest BCUT2D eigenvalue weighted by molar-refractivity contribution is 6.00. The number of anilines is 1. The van der Waals surface area contributed by atoms with Gasteiger partial charge >= 0.3 is 12.1 Å². The third kappa shape index (κ3) is 7.88. The fraction of sp³-hybridized carbons (Fsp3) is 0.381. The molecule has 7 rings (SSSR count). The van der Waals surface area contributed by atoms with Gasteiger partial charge in [0.1, 0.15) is 31.1 Å². The molecule has 5 amide bonds. The van der Waals surface area contributed by atoms with Crippen LogP contribution in [0.2, 0.25) is 0 Å². The minimum atomic E-state index is -2.03. The summed E-state index contributed by atoms with van der Waals surface area (Å²) in [6, 6.07) is 5.22. The number of nitrogens with one attached hydrogen (secondary N) is 4. The monoisotopic (exact) mass is 840 g/mol. The number of benzene rings is 2. The predicted molar refractivity (Wildman–Crippen MR) is 216 cm³/mol. The Balaban J connectivity index is 1.07. The number of alkyl carbamates (subject to hydrolysis) is 1. The summed E-state index contributed by atoms with van der Waals surface area (Å²) in [7, 11) is 0. The van der Waals surface area contributed by atoms with Gasteiger partial charge < -0.3 is 51.9 Å². The molecule has 0 bridgehead atoms. The Labute approximate surface area is 347 Å². The summed E-state index contributed by atoms with van der Waals surface area (Å²) in [4.78, 5) is 94.2. The molecule has 2 aromatic carbocycles. The molecule has 320 valence electrons. The van der Waals surface area contributed by atoms with E-state index in [2.05, 4.69) is 21.3 Å². The maximum Gasteiger partial charge on any atom is 0.407 e. The Bertz CT molecular complexity index is 2590. The van der Waals surface area contributed by atoms with E-state index in [1.807, 2.05) is 0 Å². The number of carbonyl (C=O) groups excluding carboxylic acids is 6. The summed E-state index contributed by atoms with van der Waals surface area (Å²) >= 11 is 0. The maximum absolute atomic E-state index is 15.3. The lowest BCUT2D eigenvalue weighted by Crippen LogP contribution is -2.54. The van der Waals surface area contributed by atoms with Gasteiger partial charge in [0.05, 0.1) is 47.5 Å². The van der Waals surface area contributed by atoms with E-state index in [9.17, 15) is 38.7 Å². The Kier molecular flexibility index (Phi) is 11.4. The molecule has 4 aromatic rings. The van der Waals surface area contributed by atoms with Crippen LogP contribution in [-0.2, 0) is 65.2 Å². The van der Waals surface area contributed by atoms with Crippen LogP contribution in [0.1, 0.15) is 85.0 Å². The van der Waals surface area contributed by atoms with Gasteiger partial charge in [0.15, 0.2) is 5.60 Å². The van der Waals surface area contributed by atoms with Crippen molar-refractivity contribution in [2.75, 3.05) is 5.32 Å². The van der Waals surface area contributed by atoms with E-state index in [1.165, 1.54) is 36.6 Å². The van der Waals surface area contributed by atoms with Gasteiger partial charge in [-0.15, -0.1) is 0 Å². The lowest BCUT2D eigenvalue weighted by molar-refractivity contribution is -0.172. The van der Waals surface area contributed by atoms with Crippen LogP contribution in [0.5, 0.6) is 0 Å². The number of amides is 5. The van der Waals surface area contributed by atoms with Gasteiger partial charge in [-0.25, -0.2) is 19.0 Å². The second-order valence-corrected chi connectivity index (χ2v) is 15.6. The van der Waals surface area contributed by atoms with E-state index < -0.39 is 83.3 Å². The van der Waals surface area contributed by atoms with Crippen molar-refractivity contribution in [3.05, 3.63) is 91.5 Å². The fourth-order valence-corrected chi connectivity index (χ4v) is 8.06. The SMILES string of the molecule is CC[C@@]1(O)C(=O)OCc2c1cc1n(c2=O)Cc2c-1nc1cc(F)c(C)c3c1c2[C@@H](NC(=O)OCc1ccc(NC(=O)C(CC(N)=O)NC(=O)[C@H](C)NC(=O)[C@H](C)N)cc1)CC3. The molecular weight excluding hydrogens is 796 g/mol. The fourth-order valence-electron chi connectivity index (χ4n) is 8.06. The Morgan fingerprint density at radius 2 is 1.77 bits per heavy atom. The first-order valence-electron chi connectivity index (χ1n) is 19.7. The number of aromatic nitrogens is 2. The van der Waals surface area contributed by atoms with Gasteiger partial charge in [-0.05, 0) is 80.5 Å². The van der Waals surface area contributed by atoms with E-state index in [-0.39, 0.29) is 37.3 Å². The summed E-state index contributed by atoms with van der Waals surface area (Å²) in [6.45, 7) is 5.72. The Morgan fingerprint density at radius 3 is 2.44 bits per heavy atom. The number of fused-ring (bicyclic) bond motifs is 5. The first kappa shape index (κ1) is 42.4. The topological polar surface area (TPSA) is 276 Å². The van der Waals surface area contributed by atoms with Crippen molar-refractivity contribution in [2.45, 2.75) is 103 Å². The molecule has 2 aliphatic heterocycles. The number of rotatable bonds is 12. The van der Waals surface area contributed by atoms with E-state index in [4.69, 9.17) is 25.9 Å². The van der Waals surface area contributed by atoms with Crippen molar-refractivity contribution in [1.82, 2.24) is 25.5 Å². The molecule has 1 aliphatic carbocycles. The highest BCUT2D eigenvalue weighted by Gasteiger charge is 2.46. The highest BCUT2D eigenvalue weighted by Crippen LogP contribution is 2.46. The molecule has 0 saturated carbocycles. The molecule has 61 heavy (non-hydrogen) atoms. The van der Waals surface area contributed by atoms with Gasteiger partial charge in [-0.1, -0.05) is 19.1 Å². The minimum absolute atomic E-state index is 0.0350. The number of halogens is 1. The van der Waals surface area contributed by atoms with Crippen molar-refractivity contribution >= 4 is 52.3 Å². The van der Waals surface area contributed by atoms with Crippen LogP contribution in [0.15, 0.2) is 41.2 Å². The number of cyclic esters (lactones) is 1. The summed E-state index contributed by atoms with van der Waals surface area (Å²) < 4.78 is 27.6. The molecule has 5 atom stereocenters. The zero-order valence-corrected chi connectivity index (χ0v) is 33.8. The van der Waals surface area contributed by atoms with Crippen molar-refractivity contribution < 1.29 is 47.7 Å². The van der Waals surface area contributed by atoms with Crippen LogP contribution >= 0.6 is 0 Å². The van der Waals surface area contributed by atoms with E-state index in [0.717, 1.165) is 5.56 Å². The second kappa shape index (κ2) is 16.4. The van der Waals surface area contributed by atoms with E-state index in [1.54, 1.807) is 32.0 Å². The van der Waals surface area contributed by atoms with Crippen LogP contribution in [-0.4, -0.2) is 68.5 Å². The number of nitrogens with zero attached hydrogens (tertiary/aromatic N) is 2. The van der Waals surface area contributed by atoms with Crippen LogP contribution in [0.4, 0.5) is 14.9 Å². The van der Waals surface area contributed by atoms with Gasteiger partial charge in [0, 0.05) is 28.3 Å². The molecule has 2 aromatic heterocycles. The second-order valence-electron chi connectivity index (χ2n) is 15.6. The Morgan fingerprint density at radius 1 is 1.05 bits per heavy atom. The van der Waals surface area contributed by atoms with E-state index in [0.29, 0.717) is 63.1 Å². The number of aryl methyl sites for hydroxylation is 1. The largest absolute Gasteiger partial charge is 0.458 e. The summed E-state index contributed by atoms with van der Waals surface area (Å²) in [5, 5.41) is 22.4. The van der Waals surface area contributed by atoms with Crippen molar-refractivity contribution in [1.29, 1.82) is 0 Å². The molecule has 1 unspecified atom stereocenters.